The third-order valence-electron chi connectivity index (χ3n) is 3.98. The largest absolute Gasteiger partial charge is 0.364 e. The van der Waals surface area contributed by atoms with Crippen LogP contribution in [0.4, 0.5) is 5.82 Å². The Labute approximate surface area is 151 Å². The van der Waals surface area contributed by atoms with Gasteiger partial charge in [0.15, 0.2) is 5.76 Å². The van der Waals surface area contributed by atoms with Gasteiger partial charge in [-0.3, -0.25) is 0 Å². The quantitative estimate of drug-likeness (QED) is 0.565. The summed E-state index contributed by atoms with van der Waals surface area (Å²) in [5, 5.41) is 7.40. The first-order valence-corrected chi connectivity index (χ1v) is 8.47. The van der Waals surface area contributed by atoms with Crippen molar-refractivity contribution in [2.75, 3.05) is 5.32 Å². The Morgan fingerprint density at radius 2 is 1.65 bits per heavy atom. The van der Waals surface area contributed by atoms with Crippen LogP contribution in [0.3, 0.4) is 0 Å². The van der Waals surface area contributed by atoms with Crippen LogP contribution in [0.2, 0.25) is 0 Å². The van der Waals surface area contributed by atoms with E-state index in [2.05, 4.69) is 32.6 Å². The normalized spacial score (nSPS) is 10.6. The van der Waals surface area contributed by atoms with Gasteiger partial charge in [-0.1, -0.05) is 65.8 Å². The fourth-order valence-corrected chi connectivity index (χ4v) is 2.68. The maximum Gasteiger partial charge on any atom is 0.167 e. The highest BCUT2D eigenvalue weighted by atomic mass is 16.5. The number of nitrogens with zero attached hydrogens (tertiary/aromatic N) is 3. The highest BCUT2D eigenvalue weighted by Gasteiger charge is 2.07. The first kappa shape index (κ1) is 16.0. The van der Waals surface area contributed by atoms with E-state index in [1.54, 1.807) is 6.20 Å². The summed E-state index contributed by atoms with van der Waals surface area (Å²) in [4.78, 5) is 8.92. The Morgan fingerprint density at radius 3 is 2.46 bits per heavy atom. The first-order valence-electron chi connectivity index (χ1n) is 8.47. The highest BCUT2D eigenvalue weighted by Crippen LogP contribution is 2.20. The van der Waals surface area contributed by atoms with Crippen LogP contribution in [0.25, 0.3) is 11.3 Å². The van der Waals surface area contributed by atoms with E-state index in [-0.39, 0.29) is 0 Å². The Balaban J connectivity index is 1.41. The standard InChI is InChI=1S/C21H18N4O/c1-3-7-16(8-4-1)13-21-22-12-11-20(24-21)23-15-18-14-19(26-25-18)17-9-5-2-6-10-17/h1-12,14H,13,15H2,(H,22,23,24). The van der Waals surface area contributed by atoms with Crippen LogP contribution in [-0.4, -0.2) is 15.1 Å². The highest BCUT2D eigenvalue weighted by molar-refractivity contribution is 5.57. The van der Waals surface area contributed by atoms with Crippen LogP contribution in [0.1, 0.15) is 17.1 Å². The zero-order valence-electron chi connectivity index (χ0n) is 14.2. The molecule has 0 amide bonds. The lowest BCUT2D eigenvalue weighted by molar-refractivity contribution is 0.424. The molecular formula is C21H18N4O. The van der Waals surface area contributed by atoms with E-state index in [1.807, 2.05) is 60.7 Å². The Bertz CT molecular complexity index is 967. The van der Waals surface area contributed by atoms with Gasteiger partial charge in [0.25, 0.3) is 0 Å². The lowest BCUT2D eigenvalue weighted by atomic mass is 10.1. The van der Waals surface area contributed by atoms with Gasteiger partial charge in [-0.2, -0.15) is 0 Å². The van der Waals surface area contributed by atoms with Gasteiger partial charge in [0.05, 0.1) is 6.54 Å². The van der Waals surface area contributed by atoms with Gasteiger partial charge in [-0.05, 0) is 11.6 Å². The minimum atomic E-state index is 0.540. The summed E-state index contributed by atoms with van der Waals surface area (Å²) in [5.41, 5.74) is 3.03. The smallest absolute Gasteiger partial charge is 0.167 e. The second kappa shape index (κ2) is 7.61. The molecule has 0 fully saturated rings. The molecule has 2 aromatic carbocycles. The molecule has 0 saturated carbocycles. The molecule has 0 unspecified atom stereocenters. The molecule has 2 aromatic heterocycles. The fraction of sp³-hybridized carbons (Fsp3) is 0.0952. The summed E-state index contributed by atoms with van der Waals surface area (Å²) in [6, 6.07) is 23.9. The molecule has 0 aliphatic heterocycles. The minimum Gasteiger partial charge on any atom is -0.364 e. The maximum atomic E-state index is 5.42. The predicted octanol–water partition coefficient (Wildman–Crippen LogP) is 4.33. The fourth-order valence-electron chi connectivity index (χ4n) is 2.68. The molecule has 0 atom stereocenters. The molecule has 1 N–H and O–H groups in total. The van der Waals surface area contributed by atoms with Gasteiger partial charge in [-0.25, -0.2) is 9.97 Å². The zero-order valence-corrected chi connectivity index (χ0v) is 14.2. The number of rotatable bonds is 6. The van der Waals surface area contributed by atoms with Crippen molar-refractivity contribution in [2.45, 2.75) is 13.0 Å². The lowest BCUT2D eigenvalue weighted by Crippen LogP contribution is -2.04. The van der Waals surface area contributed by atoms with Crippen molar-refractivity contribution >= 4 is 5.82 Å². The van der Waals surface area contributed by atoms with Crippen molar-refractivity contribution in [3.63, 3.8) is 0 Å². The molecule has 0 saturated heterocycles. The number of benzene rings is 2. The van der Waals surface area contributed by atoms with E-state index in [0.717, 1.165) is 28.7 Å². The van der Waals surface area contributed by atoms with Crippen molar-refractivity contribution in [2.24, 2.45) is 0 Å². The molecule has 5 heteroatoms. The van der Waals surface area contributed by atoms with Gasteiger partial charge in [0, 0.05) is 24.2 Å². The van der Waals surface area contributed by atoms with E-state index in [1.165, 1.54) is 5.56 Å². The average Bonchev–Trinajstić information content (AvgIpc) is 3.17. The summed E-state index contributed by atoms with van der Waals surface area (Å²) in [6.07, 6.45) is 2.48. The predicted molar refractivity (Wildman–Crippen MR) is 101 cm³/mol. The average molecular weight is 342 g/mol. The van der Waals surface area contributed by atoms with Crippen LogP contribution >= 0.6 is 0 Å². The van der Waals surface area contributed by atoms with Crippen LogP contribution in [0.5, 0.6) is 0 Å². The second-order valence-electron chi connectivity index (χ2n) is 5.92. The Kier molecular flexibility index (Phi) is 4.69. The van der Waals surface area contributed by atoms with E-state index in [0.29, 0.717) is 13.0 Å². The molecular weight excluding hydrogens is 324 g/mol. The van der Waals surface area contributed by atoms with Crippen LogP contribution in [-0.2, 0) is 13.0 Å². The number of nitrogens with one attached hydrogen (secondary N) is 1. The molecule has 128 valence electrons. The molecule has 0 radical (unpaired) electrons. The molecule has 4 rings (SSSR count). The maximum absolute atomic E-state index is 5.42. The lowest BCUT2D eigenvalue weighted by Gasteiger charge is -2.05. The molecule has 26 heavy (non-hydrogen) atoms. The molecule has 0 spiro atoms. The SMILES string of the molecule is c1ccc(Cc2nccc(NCc3cc(-c4ccccc4)on3)n2)cc1. The Morgan fingerprint density at radius 1 is 0.885 bits per heavy atom. The molecule has 0 aliphatic rings. The van der Waals surface area contributed by atoms with Gasteiger partial charge in [-0.15, -0.1) is 0 Å². The topological polar surface area (TPSA) is 63.8 Å². The Hall–Kier alpha value is -3.47. The third-order valence-corrected chi connectivity index (χ3v) is 3.98. The first-order chi connectivity index (χ1) is 12.9. The van der Waals surface area contributed by atoms with Crippen molar-refractivity contribution in [1.82, 2.24) is 15.1 Å². The van der Waals surface area contributed by atoms with E-state index < -0.39 is 0 Å². The second-order valence-corrected chi connectivity index (χ2v) is 5.92. The van der Waals surface area contributed by atoms with Gasteiger partial charge in [0.1, 0.15) is 17.3 Å². The van der Waals surface area contributed by atoms with E-state index in [4.69, 9.17) is 4.52 Å². The van der Waals surface area contributed by atoms with E-state index in [9.17, 15) is 0 Å². The third kappa shape index (κ3) is 3.95. The van der Waals surface area contributed by atoms with Crippen LogP contribution < -0.4 is 5.32 Å². The molecule has 2 heterocycles. The van der Waals surface area contributed by atoms with Crippen LogP contribution in [0.15, 0.2) is 83.5 Å². The number of anilines is 1. The van der Waals surface area contributed by atoms with Crippen molar-refractivity contribution in [3.8, 4) is 11.3 Å². The summed E-state index contributed by atoms with van der Waals surface area (Å²) >= 11 is 0. The van der Waals surface area contributed by atoms with Crippen molar-refractivity contribution in [3.05, 3.63) is 96.1 Å². The molecule has 5 nitrogen and oxygen atoms in total. The summed E-state index contributed by atoms with van der Waals surface area (Å²) in [6.45, 7) is 0.540. The van der Waals surface area contributed by atoms with Gasteiger partial charge in [0.2, 0.25) is 0 Å². The van der Waals surface area contributed by atoms with Crippen molar-refractivity contribution < 1.29 is 4.52 Å². The summed E-state index contributed by atoms with van der Waals surface area (Å²) < 4.78 is 5.42. The summed E-state index contributed by atoms with van der Waals surface area (Å²) in [5.74, 6) is 2.32. The van der Waals surface area contributed by atoms with Crippen LogP contribution in [0, 0.1) is 0 Å². The monoisotopic (exact) mass is 342 g/mol. The number of hydrogen-bond acceptors (Lipinski definition) is 5. The number of hydrogen-bond donors (Lipinski definition) is 1. The molecule has 4 aromatic rings. The van der Waals surface area contributed by atoms with Gasteiger partial charge >= 0.3 is 0 Å². The summed E-state index contributed by atoms with van der Waals surface area (Å²) in [7, 11) is 0. The van der Waals surface area contributed by atoms with Crippen molar-refractivity contribution in [1.29, 1.82) is 0 Å². The minimum absolute atomic E-state index is 0.540. The van der Waals surface area contributed by atoms with E-state index >= 15 is 0 Å². The molecule has 0 bridgehead atoms. The molecule has 0 aliphatic carbocycles. The van der Waals surface area contributed by atoms with Gasteiger partial charge < -0.3 is 9.84 Å². The zero-order chi connectivity index (χ0) is 17.6. The number of aromatic nitrogens is 3.